The summed E-state index contributed by atoms with van der Waals surface area (Å²) in [6.07, 6.45) is 2.55. The molecule has 0 saturated carbocycles. The Morgan fingerprint density at radius 2 is 2.23 bits per heavy atom. The van der Waals surface area contributed by atoms with E-state index in [2.05, 4.69) is 15.9 Å². The van der Waals surface area contributed by atoms with Crippen LogP contribution < -0.4 is 0 Å². The van der Waals surface area contributed by atoms with Crippen molar-refractivity contribution < 1.29 is 9.90 Å². The van der Waals surface area contributed by atoms with Gasteiger partial charge in [-0.15, -0.1) is 0 Å². The molecule has 68 valence electrons. The zero-order valence-electron chi connectivity index (χ0n) is 6.50. The maximum Gasteiger partial charge on any atom is 0.328 e. The van der Waals surface area contributed by atoms with Gasteiger partial charge < -0.3 is 5.11 Å². The lowest BCUT2D eigenvalue weighted by atomic mass is 10.2. The van der Waals surface area contributed by atoms with Crippen LogP contribution in [0.2, 0.25) is 5.02 Å². The van der Waals surface area contributed by atoms with Crippen LogP contribution in [0.15, 0.2) is 28.7 Å². The Bertz CT molecular complexity index is 361. The Balaban J connectivity index is 3.00. The second-order valence-corrected chi connectivity index (χ2v) is 3.63. The lowest BCUT2D eigenvalue weighted by molar-refractivity contribution is -0.131. The van der Waals surface area contributed by atoms with Crippen molar-refractivity contribution in [2.24, 2.45) is 0 Å². The number of halogens is 2. The SMILES string of the molecule is O=C(O)C=Cc1cc(Cl)ccc1Br. The summed E-state index contributed by atoms with van der Waals surface area (Å²) in [6, 6.07) is 5.18. The van der Waals surface area contributed by atoms with Gasteiger partial charge in [-0.05, 0) is 29.8 Å². The molecule has 0 aliphatic heterocycles. The largest absolute Gasteiger partial charge is 0.478 e. The van der Waals surface area contributed by atoms with Crippen LogP contribution in [0.3, 0.4) is 0 Å². The molecule has 0 saturated heterocycles. The van der Waals surface area contributed by atoms with Crippen LogP contribution >= 0.6 is 27.5 Å². The van der Waals surface area contributed by atoms with E-state index in [0.29, 0.717) is 5.02 Å². The molecule has 0 aliphatic carbocycles. The van der Waals surface area contributed by atoms with E-state index in [1.165, 1.54) is 6.08 Å². The molecular formula is C9H6BrClO2. The minimum atomic E-state index is -0.980. The first-order valence-corrected chi connectivity index (χ1v) is 4.63. The number of hydrogen-bond acceptors (Lipinski definition) is 1. The molecule has 0 amide bonds. The van der Waals surface area contributed by atoms with Gasteiger partial charge in [0.1, 0.15) is 0 Å². The molecule has 0 bridgehead atoms. The average Bonchev–Trinajstić information content (AvgIpc) is 2.06. The van der Waals surface area contributed by atoms with Crippen LogP contribution in [0.25, 0.3) is 6.08 Å². The molecule has 2 nitrogen and oxygen atoms in total. The van der Waals surface area contributed by atoms with Crippen molar-refractivity contribution in [3.8, 4) is 0 Å². The fraction of sp³-hybridized carbons (Fsp3) is 0. The Hall–Kier alpha value is -0.800. The number of carboxylic acid groups (broad SMARTS) is 1. The number of carbonyl (C=O) groups is 1. The van der Waals surface area contributed by atoms with E-state index >= 15 is 0 Å². The van der Waals surface area contributed by atoms with Crippen LogP contribution in [0.4, 0.5) is 0 Å². The Kier molecular flexibility index (Phi) is 3.51. The third-order valence-corrected chi connectivity index (χ3v) is 2.32. The summed E-state index contributed by atoms with van der Waals surface area (Å²) >= 11 is 9.01. The van der Waals surface area contributed by atoms with Gasteiger partial charge in [0.2, 0.25) is 0 Å². The van der Waals surface area contributed by atoms with Gasteiger partial charge in [0.25, 0.3) is 0 Å². The van der Waals surface area contributed by atoms with Gasteiger partial charge in [-0.3, -0.25) is 0 Å². The summed E-state index contributed by atoms with van der Waals surface area (Å²) in [5, 5.41) is 8.98. The van der Waals surface area contributed by atoms with Crippen molar-refractivity contribution in [2.45, 2.75) is 0 Å². The summed E-state index contributed by atoms with van der Waals surface area (Å²) in [6.45, 7) is 0. The van der Waals surface area contributed by atoms with Gasteiger partial charge in [0.15, 0.2) is 0 Å². The molecular weight excluding hydrogens is 255 g/mol. The fourth-order valence-corrected chi connectivity index (χ4v) is 1.36. The molecule has 0 radical (unpaired) electrons. The highest BCUT2D eigenvalue weighted by Gasteiger charge is 1.97. The quantitative estimate of drug-likeness (QED) is 0.830. The highest BCUT2D eigenvalue weighted by molar-refractivity contribution is 9.10. The van der Waals surface area contributed by atoms with Gasteiger partial charge in [0, 0.05) is 15.6 Å². The van der Waals surface area contributed by atoms with Crippen LogP contribution in [-0.4, -0.2) is 11.1 Å². The molecule has 1 aromatic rings. The van der Waals surface area contributed by atoms with Gasteiger partial charge in [-0.1, -0.05) is 27.5 Å². The molecule has 1 aromatic carbocycles. The molecule has 4 heteroatoms. The lowest BCUT2D eigenvalue weighted by Gasteiger charge is -1.97. The number of benzene rings is 1. The number of carboxylic acids is 1. The van der Waals surface area contributed by atoms with Crippen molar-refractivity contribution in [3.05, 3.63) is 39.3 Å². The van der Waals surface area contributed by atoms with E-state index in [1.807, 2.05) is 0 Å². The molecule has 13 heavy (non-hydrogen) atoms. The normalized spacial score (nSPS) is 10.6. The monoisotopic (exact) mass is 260 g/mol. The molecule has 0 aromatic heterocycles. The summed E-state index contributed by atoms with van der Waals surface area (Å²) in [7, 11) is 0. The Morgan fingerprint density at radius 1 is 1.54 bits per heavy atom. The molecule has 0 aliphatic rings. The second kappa shape index (κ2) is 4.44. The van der Waals surface area contributed by atoms with Gasteiger partial charge in [0.05, 0.1) is 0 Å². The maximum atomic E-state index is 10.2. The smallest absolute Gasteiger partial charge is 0.328 e. The first-order chi connectivity index (χ1) is 6.09. The third kappa shape index (κ3) is 3.20. The standard InChI is InChI=1S/C9H6BrClO2/c10-8-3-2-7(11)5-6(8)1-4-9(12)13/h1-5H,(H,12,13). The first kappa shape index (κ1) is 10.3. The Labute approximate surface area is 89.0 Å². The molecule has 0 heterocycles. The van der Waals surface area contributed by atoms with Crippen LogP contribution in [0.1, 0.15) is 5.56 Å². The average molecular weight is 262 g/mol. The van der Waals surface area contributed by atoms with Crippen molar-refractivity contribution in [1.82, 2.24) is 0 Å². The summed E-state index contributed by atoms with van der Waals surface area (Å²) in [5.74, 6) is -0.980. The topological polar surface area (TPSA) is 37.3 Å². The highest BCUT2D eigenvalue weighted by atomic mass is 79.9. The Morgan fingerprint density at radius 3 is 2.85 bits per heavy atom. The van der Waals surface area contributed by atoms with E-state index in [0.717, 1.165) is 16.1 Å². The number of aliphatic carboxylic acids is 1. The summed E-state index contributed by atoms with van der Waals surface area (Å²) < 4.78 is 0.814. The molecule has 0 fully saturated rings. The number of rotatable bonds is 2. The van der Waals surface area contributed by atoms with E-state index in [1.54, 1.807) is 18.2 Å². The third-order valence-electron chi connectivity index (χ3n) is 1.36. The van der Waals surface area contributed by atoms with Crippen LogP contribution in [-0.2, 0) is 4.79 Å². The zero-order chi connectivity index (χ0) is 9.84. The fourth-order valence-electron chi connectivity index (χ4n) is 0.803. The van der Waals surface area contributed by atoms with Crippen molar-refractivity contribution in [2.75, 3.05) is 0 Å². The first-order valence-electron chi connectivity index (χ1n) is 3.45. The van der Waals surface area contributed by atoms with Gasteiger partial charge in [-0.2, -0.15) is 0 Å². The molecule has 0 spiro atoms. The van der Waals surface area contributed by atoms with Gasteiger partial charge in [-0.25, -0.2) is 4.79 Å². The minimum Gasteiger partial charge on any atom is -0.478 e. The van der Waals surface area contributed by atoms with Gasteiger partial charge >= 0.3 is 5.97 Å². The summed E-state index contributed by atoms with van der Waals surface area (Å²) in [4.78, 5) is 10.2. The van der Waals surface area contributed by atoms with Crippen LogP contribution in [0, 0.1) is 0 Å². The second-order valence-electron chi connectivity index (χ2n) is 2.34. The highest BCUT2D eigenvalue weighted by Crippen LogP contribution is 2.22. The molecule has 0 atom stereocenters. The van der Waals surface area contributed by atoms with E-state index in [4.69, 9.17) is 16.7 Å². The van der Waals surface area contributed by atoms with Crippen molar-refractivity contribution in [3.63, 3.8) is 0 Å². The molecule has 1 N–H and O–H groups in total. The van der Waals surface area contributed by atoms with Crippen molar-refractivity contribution >= 4 is 39.6 Å². The zero-order valence-corrected chi connectivity index (χ0v) is 8.84. The summed E-state index contributed by atoms with van der Waals surface area (Å²) in [5.41, 5.74) is 0.745. The lowest BCUT2D eigenvalue weighted by Crippen LogP contribution is -1.86. The van der Waals surface area contributed by atoms with E-state index in [9.17, 15) is 4.79 Å². The minimum absolute atomic E-state index is 0.577. The van der Waals surface area contributed by atoms with Crippen molar-refractivity contribution in [1.29, 1.82) is 0 Å². The maximum absolute atomic E-state index is 10.2. The van der Waals surface area contributed by atoms with Crippen LogP contribution in [0.5, 0.6) is 0 Å². The predicted octanol–water partition coefficient (Wildman–Crippen LogP) is 3.20. The van der Waals surface area contributed by atoms with E-state index in [-0.39, 0.29) is 0 Å². The van der Waals surface area contributed by atoms with E-state index < -0.39 is 5.97 Å². The predicted molar refractivity (Wildman–Crippen MR) is 55.8 cm³/mol. The molecule has 1 rings (SSSR count). The molecule has 0 unspecified atom stereocenters. The number of hydrogen-bond donors (Lipinski definition) is 1.